The van der Waals surface area contributed by atoms with Gasteiger partial charge in [-0.3, -0.25) is 19.7 Å². The van der Waals surface area contributed by atoms with Crippen LogP contribution in [-0.2, 0) is 4.79 Å². The van der Waals surface area contributed by atoms with Crippen molar-refractivity contribution in [3.63, 3.8) is 0 Å². The van der Waals surface area contributed by atoms with Crippen LogP contribution in [0.25, 0.3) is 0 Å². The average Bonchev–Trinajstić information content (AvgIpc) is 3.20. The molecule has 0 aliphatic carbocycles. The number of ether oxygens (including phenoxy) is 2. The van der Waals surface area contributed by atoms with Crippen LogP contribution in [0.15, 0.2) is 41.5 Å². The number of rotatable bonds is 7. The van der Waals surface area contributed by atoms with Crippen LogP contribution < -0.4 is 20.2 Å². The van der Waals surface area contributed by atoms with Gasteiger partial charge in [0.25, 0.3) is 17.5 Å². The summed E-state index contributed by atoms with van der Waals surface area (Å²) < 4.78 is 10.5. The summed E-state index contributed by atoms with van der Waals surface area (Å²) in [6.45, 7) is 5.31. The molecular weight excluding hydrogens is 404 g/mol. The Kier molecular flexibility index (Phi) is 6.49. The van der Waals surface area contributed by atoms with Gasteiger partial charge >= 0.3 is 0 Å². The summed E-state index contributed by atoms with van der Waals surface area (Å²) in [6.07, 6.45) is 1.31. The van der Waals surface area contributed by atoms with Crippen LogP contribution in [0, 0.1) is 23.0 Å². The van der Waals surface area contributed by atoms with Gasteiger partial charge in [0.15, 0.2) is 11.5 Å². The van der Waals surface area contributed by atoms with Crippen LogP contribution in [0.2, 0.25) is 0 Å². The minimum Gasteiger partial charge on any atom is -0.454 e. The van der Waals surface area contributed by atoms with Gasteiger partial charge in [-0.2, -0.15) is 5.10 Å². The summed E-state index contributed by atoms with van der Waals surface area (Å²) in [5, 5.41) is 17.6. The number of aryl methyl sites for hydroxylation is 1. The maximum atomic E-state index is 12.6. The fraction of sp³-hybridized carbons (Fsp3) is 0.286. The molecule has 1 aliphatic heterocycles. The van der Waals surface area contributed by atoms with E-state index in [1.165, 1.54) is 12.3 Å². The predicted molar refractivity (Wildman–Crippen MR) is 112 cm³/mol. The number of nitro benzene ring substituents is 1. The zero-order chi connectivity index (χ0) is 22.5. The van der Waals surface area contributed by atoms with E-state index in [1.807, 2.05) is 0 Å². The minimum absolute atomic E-state index is 0.0358. The van der Waals surface area contributed by atoms with E-state index in [2.05, 4.69) is 15.8 Å². The zero-order valence-corrected chi connectivity index (χ0v) is 17.2. The second kappa shape index (κ2) is 9.24. The lowest BCUT2D eigenvalue weighted by Crippen LogP contribution is -2.48. The minimum atomic E-state index is -0.845. The molecule has 2 amide bonds. The molecule has 2 aromatic carbocycles. The molecule has 2 N–H and O–H groups in total. The number of carbonyl (C=O) groups excluding carboxylic acids is 2. The van der Waals surface area contributed by atoms with E-state index in [0.717, 1.165) is 0 Å². The SMILES string of the molecule is Cc1ccc(/C=N/NC(=O)C(NC(=O)c2ccc3c(c2)OCO3)C(C)C)cc1[N+](=O)[O-]. The largest absolute Gasteiger partial charge is 0.454 e. The number of fused-ring (bicyclic) bond motifs is 1. The third kappa shape index (κ3) is 5.16. The maximum Gasteiger partial charge on any atom is 0.272 e. The highest BCUT2D eigenvalue weighted by atomic mass is 16.7. The molecule has 0 aromatic heterocycles. The van der Waals surface area contributed by atoms with Gasteiger partial charge < -0.3 is 14.8 Å². The van der Waals surface area contributed by atoms with Crippen LogP contribution >= 0.6 is 0 Å². The molecule has 1 heterocycles. The number of hydrogen-bond donors (Lipinski definition) is 2. The number of nitrogens with zero attached hydrogens (tertiary/aromatic N) is 2. The Morgan fingerprint density at radius 2 is 1.90 bits per heavy atom. The highest BCUT2D eigenvalue weighted by molar-refractivity contribution is 5.98. The second-order valence-electron chi connectivity index (χ2n) is 7.30. The van der Waals surface area contributed by atoms with Crippen molar-refractivity contribution in [1.82, 2.24) is 10.7 Å². The molecule has 0 bridgehead atoms. The Morgan fingerprint density at radius 1 is 1.16 bits per heavy atom. The standard InChI is InChI=1S/C21H22N4O6/c1-12(2)19(23-20(26)15-6-7-17-18(9-15)31-11-30-17)21(27)24-22-10-14-5-4-13(3)16(8-14)25(28)29/h4-10,12,19H,11H2,1-3H3,(H,23,26)(H,24,27)/b22-10+. The molecule has 0 spiro atoms. The monoisotopic (exact) mass is 426 g/mol. The Balaban J connectivity index is 1.65. The lowest BCUT2D eigenvalue weighted by molar-refractivity contribution is -0.385. The lowest BCUT2D eigenvalue weighted by Gasteiger charge is -2.20. The maximum absolute atomic E-state index is 12.6. The first kappa shape index (κ1) is 21.8. The van der Waals surface area contributed by atoms with Crippen LogP contribution in [-0.4, -0.2) is 35.8 Å². The highest BCUT2D eigenvalue weighted by Crippen LogP contribution is 2.32. The van der Waals surface area contributed by atoms with Gasteiger partial charge in [0.05, 0.1) is 11.1 Å². The van der Waals surface area contributed by atoms with E-state index in [-0.39, 0.29) is 18.4 Å². The van der Waals surface area contributed by atoms with Gasteiger partial charge in [-0.15, -0.1) is 0 Å². The Hall–Kier alpha value is -3.95. The third-order valence-corrected chi connectivity index (χ3v) is 4.69. The van der Waals surface area contributed by atoms with Gasteiger partial charge in [0.2, 0.25) is 6.79 Å². The van der Waals surface area contributed by atoms with Gasteiger partial charge in [-0.05, 0) is 31.0 Å². The van der Waals surface area contributed by atoms with Crippen molar-refractivity contribution in [1.29, 1.82) is 0 Å². The van der Waals surface area contributed by atoms with Gasteiger partial charge in [0.1, 0.15) is 6.04 Å². The molecule has 0 saturated carbocycles. The summed E-state index contributed by atoms with van der Waals surface area (Å²) in [6, 6.07) is 8.54. The highest BCUT2D eigenvalue weighted by Gasteiger charge is 2.25. The molecule has 1 unspecified atom stereocenters. The Morgan fingerprint density at radius 3 is 2.61 bits per heavy atom. The molecule has 10 nitrogen and oxygen atoms in total. The molecule has 162 valence electrons. The summed E-state index contributed by atoms with van der Waals surface area (Å²) in [5.41, 5.74) is 3.66. The normalized spacial score (nSPS) is 13.3. The first-order valence-electron chi connectivity index (χ1n) is 9.54. The van der Waals surface area contributed by atoms with Crippen LogP contribution in [0.5, 0.6) is 11.5 Å². The molecule has 0 radical (unpaired) electrons. The topological polar surface area (TPSA) is 132 Å². The van der Waals surface area contributed by atoms with Gasteiger partial charge in [-0.1, -0.05) is 26.0 Å². The average molecular weight is 426 g/mol. The molecule has 0 fully saturated rings. The van der Waals surface area contributed by atoms with Crippen LogP contribution in [0.3, 0.4) is 0 Å². The molecular formula is C21H22N4O6. The fourth-order valence-electron chi connectivity index (χ4n) is 2.94. The van der Waals surface area contributed by atoms with Crippen LogP contribution in [0.4, 0.5) is 5.69 Å². The molecule has 3 rings (SSSR count). The van der Waals surface area contributed by atoms with E-state index in [1.54, 1.807) is 51.1 Å². The van der Waals surface area contributed by atoms with E-state index in [0.29, 0.717) is 28.2 Å². The van der Waals surface area contributed by atoms with Crippen molar-refractivity contribution < 1.29 is 24.0 Å². The van der Waals surface area contributed by atoms with E-state index in [4.69, 9.17) is 9.47 Å². The number of carbonyl (C=O) groups is 2. The molecule has 1 aliphatic rings. The number of hydrazone groups is 1. The Labute approximate surface area is 178 Å². The van der Waals surface area contributed by atoms with Crippen molar-refractivity contribution >= 4 is 23.7 Å². The quantitative estimate of drug-likeness (QED) is 0.397. The van der Waals surface area contributed by atoms with E-state index < -0.39 is 22.8 Å². The van der Waals surface area contributed by atoms with Crippen LogP contribution in [0.1, 0.15) is 35.3 Å². The summed E-state index contributed by atoms with van der Waals surface area (Å²) in [7, 11) is 0. The number of hydrogen-bond acceptors (Lipinski definition) is 7. The van der Waals surface area contributed by atoms with Crippen molar-refractivity contribution in [3.05, 3.63) is 63.2 Å². The van der Waals surface area contributed by atoms with Crippen molar-refractivity contribution in [2.24, 2.45) is 11.0 Å². The number of nitro groups is 1. The molecule has 2 aromatic rings. The zero-order valence-electron chi connectivity index (χ0n) is 17.2. The predicted octanol–water partition coefficient (Wildman–Crippen LogP) is 2.54. The summed E-state index contributed by atoms with van der Waals surface area (Å²) >= 11 is 0. The second-order valence-corrected chi connectivity index (χ2v) is 7.30. The molecule has 31 heavy (non-hydrogen) atoms. The first-order chi connectivity index (χ1) is 14.8. The van der Waals surface area contributed by atoms with Crippen molar-refractivity contribution in [3.8, 4) is 11.5 Å². The molecule has 1 atom stereocenters. The summed E-state index contributed by atoms with van der Waals surface area (Å²) in [5.74, 6) is -0.142. The number of nitrogens with one attached hydrogen (secondary N) is 2. The fourth-order valence-corrected chi connectivity index (χ4v) is 2.94. The van der Waals surface area contributed by atoms with Crippen molar-refractivity contribution in [2.75, 3.05) is 6.79 Å². The van der Waals surface area contributed by atoms with E-state index in [9.17, 15) is 19.7 Å². The van der Waals surface area contributed by atoms with E-state index >= 15 is 0 Å². The summed E-state index contributed by atoms with van der Waals surface area (Å²) in [4.78, 5) is 35.7. The van der Waals surface area contributed by atoms with Gasteiger partial charge in [0, 0.05) is 22.8 Å². The smallest absolute Gasteiger partial charge is 0.272 e. The molecule has 10 heteroatoms. The molecule has 0 saturated heterocycles. The Bertz CT molecular complexity index is 1050. The van der Waals surface area contributed by atoms with Crippen molar-refractivity contribution in [2.45, 2.75) is 26.8 Å². The number of amides is 2. The van der Waals surface area contributed by atoms with Gasteiger partial charge in [-0.25, -0.2) is 5.43 Å². The lowest BCUT2D eigenvalue weighted by atomic mass is 10.0. The number of benzene rings is 2. The first-order valence-corrected chi connectivity index (χ1v) is 9.54. The third-order valence-electron chi connectivity index (χ3n) is 4.69.